The summed E-state index contributed by atoms with van der Waals surface area (Å²) in [6.07, 6.45) is -8.64. The number of nitrogens with zero attached hydrogens (tertiary/aromatic N) is 1. The van der Waals surface area contributed by atoms with Crippen molar-refractivity contribution in [3.05, 3.63) is 57.6 Å². The summed E-state index contributed by atoms with van der Waals surface area (Å²) in [7, 11) is 1.06. The van der Waals surface area contributed by atoms with E-state index in [1.54, 1.807) is 0 Å². The molecule has 0 aliphatic carbocycles. The Balaban J connectivity index is 2.28. The molecule has 0 spiro atoms. The van der Waals surface area contributed by atoms with Gasteiger partial charge in [-0.1, -0.05) is 0 Å². The average Bonchev–Trinajstić information content (AvgIpc) is 2.63. The number of alkyl halides is 4. The van der Waals surface area contributed by atoms with Crippen LogP contribution >= 0.6 is 0 Å². The van der Waals surface area contributed by atoms with E-state index in [1.165, 1.54) is 6.92 Å². The maximum absolute atomic E-state index is 12.9. The van der Waals surface area contributed by atoms with Crippen molar-refractivity contribution in [3.8, 4) is 17.2 Å². The zero-order valence-electron chi connectivity index (χ0n) is 14.5. The highest BCUT2D eigenvalue weighted by Crippen LogP contribution is 2.33. The second kappa shape index (κ2) is 8.11. The molecule has 0 amide bonds. The number of ether oxygens (including phenoxy) is 3. The number of benzene rings is 2. The van der Waals surface area contributed by atoms with E-state index in [1.807, 2.05) is 0 Å². The molecule has 0 aliphatic heterocycles. The zero-order chi connectivity index (χ0) is 21.1. The van der Waals surface area contributed by atoms with Gasteiger partial charge in [0.15, 0.2) is 0 Å². The van der Waals surface area contributed by atoms with Crippen LogP contribution < -0.4 is 9.47 Å². The number of hydrogen-bond acceptors (Lipinski definition) is 6. The highest BCUT2D eigenvalue weighted by Gasteiger charge is 2.43. The molecule has 7 nitrogen and oxygen atoms in total. The van der Waals surface area contributed by atoms with Crippen LogP contribution in [-0.2, 0) is 4.74 Å². The largest absolute Gasteiger partial charge is 0.465 e. The average molecular weight is 403 g/mol. The van der Waals surface area contributed by atoms with E-state index >= 15 is 0 Å². The highest BCUT2D eigenvalue weighted by molar-refractivity contribution is 5.94. The first-order valence-corrected chi connectivity index (χ1v) is 7.55. The smallest absolute Gasteiger partial charge is 0.461 e. The Hall–Kier alpha value is -3.37. The lowest BCUT2D eigenvalue weighted by atomic mass is 10.1. The molecule has 0 radical (unpaired) electrons. The summed E-state index contributed by atoms with van der Waals surface area (Å²) in [6, 6.07) is 6.50. The SMILES string of the molecule is COC(=O)c1cc(Oc2ccc(OC(F)(F)C(F)F)cc2)c(C)cc1[N+](=O)[O-]. The van der Waals surface area contributed by atoms with Crippen LogP contribution in [0, 0.1) is 17.0 Å². The first-order valence-electron chi connectivity index (χ1n) is 7.55. The molecule has 2 aromatic rings. The lowest BCUT2D eigenvalue weighted by molar-refractivity contribution is -0.385. The van der Waals surface area contributed by atoms with Crippen LogP contribution in [0.2, 0.25) is 0 Å². The molecule has 0 atom stereocenters. The molecule has 11 heteroatoms. The number of carbonyl (C=O) groups is 1. The molecule has 0 N–H and O–H groups in total. The Labute approximate surface area is 155 Å². The van der Waals surface area contributed by atoms with Gasteiger partial charge in [0.05, 0.1) is 12.0 Å². The topological polar surface area (TPSA) is 87.9 Å². The minimum absolute atomic E-state index is 0.0672. The van der Waals surface area contributed by atoms with Gasteiger partial charge >= 0.3 is 18.5 Å². The van der Waals surface area contributed by atoms with E-state index in [4.69, 9.17) is 4.74 Å². The van der Waals surface area contributed by atoms with Gasteiger partial charge in [-0.2, -0.15) is 17.6 Å². The summed E-state index contributed by atoms with van der Waals surface area (Å²) in [5.74, 6) is -1.32. The molecule has 2 aromatic carbocycles. The van der Waals surface area contributed by atoms with Crippen molar-refractivity contribution < 1.29 is 41.5 Å². The standard InChI is InChI=1S/C17H13F4NO6/c1-9-7-13(22(24)25)12(15(23)26-2)8-14(9)27-10-3-5-11(6-4-10)28-17(20,21)16(18)19/h3-8,16H,1-2H3. The Morgan fingerprint density at radius 2 is 1.71 bits per heavy atom. The Morgan fingerprint density at radius 1 is 1.14 bits per heavy atom. The van der Waals surface area contributed by atoms with Crippen LogP contribution in [-0.4, -0.2) is 30.5 Å². The fourth-order valence-electron chi connectivity index (χ4n) is 2.11. The second-order valence-electron chi connectivity index (χ2n) is 5.42. The van der Waals surface area contributed by atoms with E-state index in [0.717, 1.165) is 43.5 Å². The minimum atomic E-state index is -4.65. The number of esters is 1. The van der Waals surface area contributed by atoms with Gasteiger partial charge in [-0.05, 0) is 36.8 Å². The normalized spacial score (nSPS) is 11.2. The molecule has 150 valence electrons. The Morgan fingerprint density at radius 3 is 2.21 bits per heavy atom. The van der Waals surface area contributed by atoms with Crippen LogP contribution in [0.1, 0.15) is 15.9 Å². The predicted octanol–water partition coefficient (Wildman–Crippen LogP) is 4.72. The number of nitro groups is 1. The van der Waals surface area contributed by atoms with Crippen molar-refractivity contribution >= 4 is 11.7 Å². The van der Waals surface area contributed by atoms with E-state index in [9.17, 15) is 32.5 Å². The lowest BCUT2D eigenvalue weighted by Gasteiger charge is -2.17. The molecular weight excluding hydrogens is 390 g/mol. The van der Waals surface area contributed by atoms with Gasteiger partial charge in [-0.15, -0.1) is 0 Å². The number of halogens is 4. The molecule has 2 rings (SSSR count). The summed E-state index contributed by atoms with van der Waals surface area (Å²) in [6.45, 7) is 1.49. The van der Waals surface area contributed by atoms with Gasteiger partial charge in [0.1, 0.15) is 22.8 Å². The van der Waals surface area contributed by atoms with Crippen LogP contribution in [0.25, 0.3) is 0 Å². The number of carbonyl (C=O) groups excluding carboxylic acids is 1. The molecule has 0 aliphatic rings. The second-order valence-corrected chi connectivity index (χ2v) is 5.42. The first-order chi connectivity index (χ1) is 13.0. The highest BCUT2D eigenvalue weighted by atomic mass is 19.3. The van der Waals surface area contributed by atoms with E-state index < -0.39 is 34.9 Å². The fourth-order valence-corrected chi connectivity index (χ4v) is 2.11. The van der Waals surface area contributed by atoms with Crippen molar-refractivity contribution in [2.24, 2.45) is 0 Å². The molecule has 0 fully saturated rings. The summed E-state index contributed by atoms with van der Waals surface area (Å²) >= 11 is 0. The predicted molar refractivity (Wildman–Crippen MR) is 87.3 cm³/mol. The lowest BCUT2D eigenvalue weighted by Crippen LogP contribution is -2.33. The molecular formula is C17H13F4NO6. The summed E-state index contributed by atoms with van der Waals surface area (Å²) in [5, 5.41) is 11.1. The van der Waals surface area contributed by atoms with E-state index in [0.29, 0.717) is 5.56 Å². The van der Waals surface area contributed by atoms with Crippen molar-refractivity contribution in [2.45, 2.75) is 19.5 Å². The fraction of sp³-hybridized carbons (Fsp3) is 0.235. The third kappa shape index (κ3) is 4.67. The number of hydrogen-bond donors (Lipinski definition) is 0. The van der Waals surface area contributed by atoms with Crippen molar-refractivity contribution in [2.75, 3.05) is 7.11 Å². The molecule has 0 unspecified atom stereocenters. The number of methoxy groups -OCH3 is 1. The maximum atomic E-state index is 12.9. The molecule has 0 aromatic heterocycles. The quantitative estimate of drug-likeness (QED) is 0.288. The van der Waals surface area contributed by atoms with Crippen molar-refractivity contribution in [1.82, 2.24) is 0 Å². The first kappa shape index (κ1) is 20.9. The van der Waals surface area contributed by atoms with Gasteiger partial charge in [0, 0.05) is 12.1 Å². The van der Waals surface area contributed by atoms with Crippen LogP contribution in [0.15, 0.2) is 36.4 Å². The number of aryl methyl sites for hydroxylation is 1. The Bertz CT molecular complexity index is 886. The molecule has 0 saturated heterocycles. The van der Waals surface area contributed by atoms with Crippen LogP contribution in [0.5, 0.6) is 17.2 Å². The van der Waals surface area contributed by atoms with E-state index in [2.05, 4.69) is 9.47 Å². The van der Waals surface area contributed by atoms with Gasteiger partial charge in [-0.3, -0.25) is 10.1 Å². The number of nitro benzene ring substituents is 1. The molecule has 28 heavy (non-hydrogen) atoms. The molecule has 0 saturated carbocycles. The van der Waals surface area contributed by atoms with Gasteiger partial charge < -0.3 is 14.2 Å². The molecule has 0 heterocycles. The van der Waals surface area contributed by atoms with Gasteiger partial charge in [0.25, 0.3) is 5.69 Å². The monoisotopic (exact) mass is 403 g/mol. The van der Waals surface area contributed by atoms with Gasteiger partial charge in [-0.25, -0.2) is 4.79 Å². The maximum Gasteiger partial charge on any atom is 0.461 e. The Kier molecular flexibility index (Phi) is 6.06. The van der Waals surface area contributed by atoms with Crippen LogP contribution in [0.3, 0.4) is 0 Å². The van der Waals surface area contributed by atoms with Gasteiger partial charge in [0.2, 0.25) is 0 Å². The van der Waals surface area contributed by atoms with Crippen LogP contribution in [0.4, 0.5) is 23.2 Å². The summed E-state index contributed by atoms with van der Waals surface area (Å²) in [5.41, 5.74) is -0.511. The zero-order valence-corrected chi connectivity index (χ0v) is 14.5. The summed E-state index contributed by atoms with van der Waals surface area (Å²) in [4.78, 5) is 22.1. The third-order valence-corrected chi connectivity index (χ3v) is 3.45. The van der Waals surface area contributed by atoms with E-state index in [-0.39, 0.29) is 17.1 Å². The van der Waals surface area contributed by atoms with Crippen molar-refractivity contribution in [1.29, 1.82) is 0 Å². The summed E-state index contributed by atoms with van der Waals surface area (Å²) < 4.78 is 64.0. The molecule has 0 bridgehead atoms. The third-order valence-electron chi connectivity index (χ3n) is 3.45. The number of rotatable bonds is 7. The van der Waals surface area contributed by atoms with Crippen molar-refractivity contribution in [3.63, 3.8) is 0 Å². The minimum Gasteiger partial charge on any atom is -0.465 e.